The Kier molecular flexibility index (Phi) is 5.38. The van der Waals surface area contributed by atoms with Gasteiger partial charge in [0.2, 0.25) is 0 Å². The Bertz CT molecular complexity index is 472. The van der Waals surface area contributed by atoms with Gasteiger partial charge in [-0.3, -0.25) is 0 Å². The average molecular weight is 292 g/mol. The van der Waals surface area contributed by atoms with Crippen molar-refractivity contribution in [3.05, 3.63) is 23.9 Å². The second kappa shape index (κ2) is 7.26. The van der Waals surface area contributed by atoms with Crippen molar-refractivity contribution in [3.63, 3.8) is 0 Å². The number of nitrogens with zero attached hydrogens (tertiary/aromatic N) is 2. The van der Waals surface area contributed by atoms with Crippen LogP contribution in [0.4, 0.5) is 10.6 Å². The number of aromatic nitrogens is 1. The lowest BCUT2D eigenvalue weighted by Crippen LogP contribution is -2.45. The highest BCUT2D eigenvalue weighted by molar-refractivity contribution is 5.74. The average Bonchev–Trinajstić information content (AvgIpc) is 2.99. The van der Waals surface area contributed by atoms with Gasteiger partial charge in [0.1, 0.15) is 5.82 Å². The van der Waals surface area contributed by atoms with E-state index in [9.17, 15) is 4.79 Å². The van der Waals surface area contributed by atoms with E-state index in [1.54, 1.807) is 6.20 Å². The van der Waals surface area contributed by atoms with Gasteiger partial charge in [0.25, 0.3) is 0 Å². The molecule has 0 spiro atoms. The Morgan fingerprint density at radius 3 is 3.05 bits per heavy atom. The van der Waals surface area contributed by atoms with E-state index in [1.165, 1.54) is 0 Å². The number of carbonyl (C=O) groups is 1. The quantitative estimate of drug-likeness (QED) is 0.863. The molecule has 2 amide bonds. The summed E-state index contributed by atoms with van der Waals surface area (Å²) in [5.74, 6) is 0.866. The Labute approximate surface area is 125 Å². The van der Waals surface area contributed by atoms with Crippen molar-refractivity contribution >= 4 is 11.8 Å². The highest BCUT2D eigenvalue weighted by Gasteiger charge is 2.23. The van der Waals surface area contributed by atoms with Gasteiger partial charge in [-0.1, -0.05) is 6.07 Å². The molecule has 116 valence electrons. The second-order valence-corrected chi connectivity index (χ2v) is 5.55. The van der Waals surface area contributed by atoms with Crippen LogP contribution >= 0.6 is 0 Å². The summed E-state index contributed by atoms with van der Waals surface area (Å²) in [4.78, 5) is 18.2. The molecule has 2 unspecified atom stereocenters. The SMILES string of the molecule is CC(NC(=O)NCc1cccnc1N(C)C)C1CCCO1. The van der Waals surface area contributed by atoms with Gasteiger partial charge in [-0.15, -0.1) is 0 Å². The number of hydrogen-bond donors (Lipinski definition) is 2. The first-order chi connectivity index (χ1) is 10.1. The Morgan fingerprint density at radius 2 is 2.38 bits per heavy atom. The van der Waals surface area contributed by atoms with Crippen LogP contribution in [0.3, 0.4) is 0 Å². The summed E-state index contributed by atoms with van der Waals surface area (Å²) in [5, 5.41) is 5.81. The van der Waals surface area contributed by atoms with Crippen LogP contribution in [0.25, 0.3) is 0 Å². The minimum absolute atomic E-state index is 0.0229. The molecule has 1 aliphatic rings. The third kappa shape index (κ3) is 4.32. The summed E-state index contributed by atoms with van der Waals surface area (Å²) >= 11 is 0. The van der Waals surface area contributed by atoms with Crippen molar-refractivity contribution in [3.8, 4) is 0 Å². The molecule has 2 N–H and O–H groups in total. The number of hydrogen-bond acceptors (Lipinski definition) is 4. The molecule has 1 fully saturated rings. The number of urea groups is 1. The van der Waals surface area contributed by atoms with Gasteiger partial charge in [0, 0.05) is 39.0 Å². The molecule has 0 aliphatic carbocycles. The summed E-state index contributed by atoms with van der Waals surface area (Å²) in [6.07, 6.45) is 3.96. The fourth-order valence-corrected chi connectivity index (χ4v) is 2.49. The molecule has 0 saturated carbocycles. The summed E-state index contributed by atoms with van der Waals surface area (Å²) in [7, 11) is 3.87. The molecule has 2 heterocycles. The highest BCUT2D eigenvalue weighted by atomic mass is 16.5. The maximum atomic E-state index is 12.0. The van der Waals surface area contributed by atoms with Crippen LogP contribution in [0.2, 0.25) is 0 Å². The topological polar surface area (TPSA) is 66.5 Å². The van der Waals surface area contributed by atoms with Crippen molar-refractivity contribution in [2.45, 2.75) is 38.5 Å². The van der Waals surface area contributed by atoms with Gasteiger partial charge in [0.05, 0.1) is 12.1 Å². The number of rotatable bonds is 5. The Balaban J connectivity index is 1.83. The van der Waals surface area contributed by atoms with Crippen LogP contribution in [0.5, 0.6) is 0 Å². The monoisotopic (exact) mass is 292 g/mol. The summed E-state index contributed by atoms with van der Waals surface area (Å²) in [5.41, 5.74) is 0.988. The maximum absolute atomic E-state index is 12.0. The van der Waals surface area contributed by atoms with Crippen molar-refractivity contribution in [2.75, 3.05) is 25.6 Å². The van der Waals surface area contributed by atoms with Crippen LogP contribution in [0.15, 0.2) is 18.3 Å². The van der Waals surface area contributed by atoms with E-state index in [-0.39, 0.29) is 18.2 Å². The smallest absolute Gasteiger partial charge is 0.315 e. The van der Waals surface area contributed by atoms with Gasteiger partial charge < -0.3 is 20.3 Å². The molecule has 1 aromatic heterocycles. The Hall–Kier alpha value is -1.82. The molecule has 2 rings (SSSR count). The van der Waals surface area contributed by atoms with Crippen molar-refractivity contribution < 1.29 is 9.53 Å². The van der Waals surface area contributed by atoms with Crippen molar-refractivity contribution in [2.24, 2.45) is 0 Å². The zero-order valence-electron chi connectivity index (χ0n) is 12.9. The van der Waals surface area contributed by atoms with Crippen LogP contribution in [-0.2, 0) is 11.3 Å². The zero-order valence-corrected chi connectivity index (χ0v) is 12.9. The van der Waals surface area contributed by atoms with Crippen molar-refractivity contribution in [1.29, 1.82) is 0 Å². The molecular formula is C15H24N4O2. The molecule has 1 aromatic rings. The first-order valence-corrected chi connectivity index (χ1v) is 7.35. The molecule has 0 aromatic carbocycles. The van der Waals surface area contributed by atoms with Gasteiger partial charge in [-0.2, -0.15) is 0 Å². The highest BCUT2D eigenvalue weighted by Crippen LogP contribution is 2.16. The largest absolute Gasteiger partial charge is 0.376 e. The van der Waals surface area contributed by atoms with Crippen LogP contribution in [0, 0.1) is 0 Å². The third-order valence-corrected chi connectivity index (χ3v) is 3.61. The molecular weight excluding hydrogens is 268 g/mol. The fraction of sp³-hybridized carbons (Fsp3) is 0.600. The standard InChI is InChI=1S/C15H24N4O2/c1-11(13-7-5-9-21-13)18-15(20)17-10-12-6-4-8-16-14(12)19(2)3/h4,6,8,11,13H,5,7,9-10H2,1-3H3,(H2,17,18,20). The van der Waals surface area contributed by atoms with Gasteiger partial charge in [-0.25, -0.2) is 9.78 Å². The van der Waals surface area contributed by atoms with E-state index in [0.29, 0.717) is 6.54 Å². The van der Waals surface area contributed by atoms with Crippen LogP contribution < -0.4 is 15.5 Å². The summed E-state index contributed by atoms with van der Waals surface area (Å²) in [6.45, 7) is 3.22. The molecule has 6 nitrogen and oxygen atoms in total. The van der Waals surface area contributed by atoms with E-state index in [4.69, 9.17) is 4.74 Å². The van der Waals surface area contributed by atoms with Crippen LogP contribution in [-0.4, -0.2) is 43.9 Å². The number of nitrogens with one attached hydrogen (secondary N) is 2. The van der Waals surface area contributed by atoms with Gasteiger partial charge >= 0.3 is 6.03 Å². The van der Waals surface area contributed by atoms with E-state index in [0.717, 1.165) is 30.8 Å². The zero-order chi connectivity index (χ0) is 15.2. The predicted molar refractivity (Wildman–Crippen MR) is 82.4 cm³/mol. The van der Waals surface area contributed by atoms with Gasteiger partial charge in [-0.05, 0) is 25.8 Å². The Morgan fingerprint density at radius 1 is 1.57 bits per heavy atom. The molecule has 1 saturated heterocycles. The number of pyridine rings is 1. The first kappa shape index (κ1) is 15.6. The molecule has 21 heavy (non-hydrogen) atoms. The van der Waals surface area contributed by atoms with E-state index >= 15 is 0 Å². The lowest BCUT2D eigenvalue weighted by Gasteiger charge is -2.21. The number of anilines is 1. The molecule has 6 heteroatoms. The molecule has 2 atom stereocenters. The van der Waals surface area contributed by atoms with Crippen molar-refractivity contribution in [1.82, 2.24) is 15.6 Å². The van der Waals surface area contributed by atoms with Gasteiger partial charge in [0.15, 0.2) is 0 Å². The molecule has 0 radical (unpaired) electrons. The number of ether oxygens (including phenoxy) is 1. The number of amides is 2. The lowest BCUT2D eigenvalue weighted by atomic mass is 10.1. The van der Waals surface area contributed by atoms with Crippen LogP contribution in [0.1, 0.15) is 25.3 Å². The minimum Gasteiger partial charge on any atom is -0.376 e. The molecule has 0 bridgehead atoms. The summed E-state index contributed by atoms with van der Waals surface area (Å²) in [6, 6.07) is 3.68. The number of carbonyl (C=O) groups excluding carboxylic acids is 1. The van der Waals surface area contributed by atoms with E-state index < -0.39 is 0 Å². The molecule has 1 aliphatic heterocycles. The van der Waals surface area contributed by atoms with E-state index in [2.05, 4.69) is 15.6 Å². The maximum Gasteiger partial charge on any atom is 0.315 e. The predicted octanol–water partition coefficient (Wildman–Crippen LogP) is 1.51. The second-order valence-electron chi connectivity index (χ2n) is 5.55. The third-order valence-electron chi connectivity index (χ3n) is 3.61. The lowest BCUT2D eigenvalue weighted by molar-refractivity contribution is 0.0860. The normalized spacial score (nSPS) is 19.1. The fourth-order valence-electron chi connectivity index (χ4n) is 2.49. The summed E-state index contributed by atoms with van der Waals surface area (Å²) < 4.78 is 5.57. The minimum atomic E-state index is -0.174. The first-order valence-electron chi connectivity index (χ1n) is 7.35. The van der Waals surface area contributed by atoms with E-state index in [1.807, 2.05) is 38.1 Å².